The Morgan fingerprint density at radius 3 is 2.53 bits per heavy atom. The van der Waals surface area contributed by atoms with Gasteiger partial charge in [-0.25, -0.2) is 0 Å². The van der Waals surface area contributed by atoms with Crippen LogP contribution in [0.25, 0.3) is 6.08 Å². The summed E-state index contributed by atoms with van der Waals surface area (Å²) in [5.74, 6) is 1.13. The average molecular weight is 266 g/mol. The molecule has 1 aliphatic rings. The van der Waals surface area contributed by atoms with E-state index in [0.29, 0.717) is 0 Å². The Morgan fingerprint density at radius 2 is 1.68 bits per heavy atom. The van der Waals surface area contributed by atoms with Gasteiger partial charge in [0.25, 0.3) is 0 Å². The second-order valence-corrected chi connectivity index (χ2v) is 5.64. The van der Waals surface area contributed by atoms with Crippen LogP contribution in [-0.2, 0) is 0 Å². The van der Waals surface area contributed by atoms with Crippen molar-refractivity contribution in [2.24, 2.45) is 0 Å². The molecule has 0 fully saturated rings. The van der Waals surface area contributed by atoms with Crippen LogP contribution in [0.4, 0.5) is 0 Å². The fourth-order valence-electron chi connectivity index (χ4n) is 2.23. The predicted molar refractivity (Wildman–Crippen MR) is 80.5 cm³/mol. The van der Waals surface area contributed by atoms with Crippen molar-refractivity contribution in [2.45, 2.75) is 11.3 Å². The zero-order valence-electron chi connectivity index (χ0n) is 10.5. The van der Waals surface area contributed by atoms with Crippen molar-refractivity contribution < 1.29 is 4.79 Å². The van der Waals surface area contributed by atoms with E-state index in [1.807, 2.05) is 60.7 Å². The predicted octanol–water partition coefficient (Wildman–Crippen LogP) is 4.45. The van der Waals surface area contributed by atoms with Gasteiger partial charge >= 0.3 is 0 Å². The molecule has 1 aliphatic heterocycles. The minimum Gasteiger partial charge on any atom is -0.289 e. The number of hydrogen-bond donors (Lipinski definition) is 0. The van der Waals surface area contributed by atoms with Gasteiger partial charge in [-0.2, -0.15) is 0 Å². The Bertz CT molecular complexity index is 629. The summed E-state index contributed by atoms with van der Waals surface area (Å²) in [6, 6.07) is 17.9. The first-order chi connectivity index (χ1) is 9.34. The summed E-state index contributed by atoms with van der Waals surface area (Å²) in [6.45, 7) is 0. The van der Waals surface area contributed by atoms with Gasteiger partial charge in [-0.3, -0.25) is 4.79 Å². The second-order valence-electron chi connectivity index (χ2n) is 4.50. The molecule has 1 nitrogen and oxygen atoms in total. The molecule has 0 spiro atoms. The molecule has 1 heterocycles. The van der Waals surface area contributed by atoms with Gasteiger partial charge in [0.15, 0.2) is 5.78 Å². The first-order valence-corrected chi connectivity index (χ1v) is 7.35. The van der Waals surface area contributed by atoms with Crippen LogP contribution in [0, 0.1) is 0 Å². The maximum atomic E-state index is 12.6. The summed E-state index contributed by atoms with van der Waals surface area (Å²) < 4.78 is 0. The molecule has 0 aliphatic carbocycles. The number of fused-ring (bicyclic) bond motifs is 1. The summed E-state index contributed by atoms with van der Waals surface area (Å²) in [5, 5.41) is 0. The Morgan fingerprint density at radius 1 is 0.947 bits per heavy atom. The number of carbonyl (C=O) groups is 1. The summed E-state index contributed by atoms with van der Waals surface area (Å²) in [6.07, 6.45) is 2.85. The molecule has 94 valence electrons. The van der Waals surface area contributed by atoms with Crippen molar-refractivity contribution in [3.05, 3.63) is 71.3 Å². The van der Waals surface area contributed by atoms with E-state index < -0.39 is 0 Å². The van der Waals surface area contributed by atoms with Crippen molar-refractivity contribution in [1.29, 1.82) is 0 Å². The monoisotopic (exact) mass is 266 g/mol. The van der Waals surface area contributed by atoms with E-state index in [2.05, 4.69) is 0 Å². The lowest BCUT2D eigenvalue weighted by atomic mass is 9.99. The lowest BCUT2D eigenvalue weighted by Crippen LogP contribution is -2.02. The number of ketones is 1. The van der Waals surface area contributed by atoms with E-state index in [-0.39, 0.29) is 5.78 Å². The Hall–Kier alpha value is -1.80. The van der Waals surface area contributed by atoms with E-state index in [4.69, 9.17) is 0 Å². The fraction of sp³-hybridized carbons (Fsp3) is 0.118. The van der Waals surface area contributed by atoms with Gasteiger partial charge in [-0.05, 0) is 30.2 Å². The molecule has 0 amide bonds. The van der Waals surface area contributed by atoms with Crippen molar-refractivity contribution in [3.8, 4) is 0 Å². The molecule has 0 atom stereocenters. The van der Waals surface area contributed by atoms with E-state index in [1.165, 1.54) is 0 Å². The Balaban J connectivity index is 2.01. The molecule has 2 heteroatoms. The fourth-order valence-corrected chi connectivity index (χ4v) is 3.26. The quantitative estimate of drug-likeness (QED) is 0.709. The molecule has 3 rings (SSSR count). The van der Waals surface area contributed by atoms with Crippen LogP contribution >= 0.6 is 11.8 Å². The van der Waals surface area contributed by atoms with Crippen molar-refractivity contribution in [2.75, 3.05) is 5.75 Å². The lowest BCUT2D eigenvalue weighted by molar-refractivity contribution is 0.103. The van der Waals surface area contributed by atoms with E-state index >= 15 is 0 Å². The van der Waals surface area contributed by atoms with Gasteiger partial charge in [0.1, 0.15) is 0 Å². The van der Waals surface area contributed by atoms with Crippen molar-refractivity contribution in [1.82, 2.24) is 0 Å². The van der Waals surface area contributed by atoms with Gasteiger partial charge in [-0.15, -0.1) is 11.8 Å². The molecular weight excluding hydrogens is 252 g/mol. The number of benzene rings is 2. The molecule has 0 N–H and O–H groups in total. The van der Waals surface area contributed by atoms with Crippen LogP contribution in [0.1, 0.15) is 22.3 Å². The molecule has 0 saturated carbocycles. The molecule has 0 unspecified atom stereocenters. The molecule has 2 aromatic rings. The topological polar surface area (TPSA) is 17.1 Å². The number of Topliss-reactive ketones (excluding diaryl/α,β-unsaturated/α-hetero) is 1. The Kier molecular flexibility index (Phi) is 3.51. The number of rotatable bonds is 1. The number of allylic oxidation sites excluding steroid dienone is 1. The molecular formula is C17H14OS. The van der Waals surface area contributed by atoms with Crippen LogP contribution in [0.15, 0.2) is 65.1 Å². The third-order valence-electron chi connectivity index (χ3n) is 3.19. The first-order valence-electron chi connectivity index (χ1n) is 6.37. The largest absolute Gasteiger partial charge is 0.289 e. The van der Waals surface area contributed by atoms with Gasteiger partial charge in [0, 0.05) is 21.8 Å². The third kappa shape index (κ3) is 2.64. The van der Waals surface area contributed by atoms with Gasteiger partial charge < -0.3 is 0 Å². The van der Waals surface area contributed by atoms with Crippen LogP contribution in [0.2, 0.25) is 0 Å². The second kappa shape index (κ2) is 5.45. The van der Waals surface area contributed by atoms with Crippen molar-refractivity contribution >= 4 is 23.6 Å². The lowest BCUT2D eigenvalue weighted by Gasteiger charge is -2.04. The summed E-state index contributed by atoms with van der Waals surface area (Å²) in [5.41, 5.74) is 2.84. The van der Waals surface area contributed by atoms with Crippen LogP contribution < -0.4 is 0 Å². The van der Waals surface area contributed by atoms with Crippen molar-refractivity contribution in [3.63, 3.8) is 0 Å². The molecule has 0 bridgehead atoms. The molecule has 0 saturated heterocycles. The molecule has 0 radical (unpaired) electrons. The van der Waals surface area contributed by atoms with E-state index in [0.717, 1.165) is 33.8 Å². The standard InChI is InChI=1S/C17H14OS/c18-17-14(12-13-6-2-1-3-7-13)10-11-19-16-9-5-4-8-15(16)17/h1-9,12H,10-11H2/b14-12-. The molecule has 0 aromatic heterocycles. The zero-order chi connectivity index (χ0) is 13.1. The van der Waals surface area contributed by atoms with E-state index in [9.17, 15) is 4.79 Å². The molecule has 19 heavy (non-hydrogen) atoms. The highest BCUT2D eigenvalue weighted by Gasteiger charge is 2.19. The minimum absolute atomic E-state index is 0.171. The van der Waals surface area contributed by atoms with Crippen LogP contribution in [-0.4, -0.2) is 11.5 Å². The summed E-state index contributed by atoms with van der Waals surface area (Å²) in [4.78, 5) is 13.7. The first kappa shape index (κ1) is 12.2. The maximum Gasteiger partial charge on any atom is 0.190 e. The molecule has 2 aromatic carbocycles. The maximum absolute atomic E-state index is 12.6. The average Bonchev–Trinajstić information content (AvgIpc) is 2.61. The van der Waals surface area contributed by atoms with Crippen LogP contribution in [0.5, 0.6) is 0 Å². The Labute approximate surface area is 117 Å². The SMILES string of the molecule is O=C1/C(=C\c2ccccc2)CCSc2ccccc21. The van der Waals surface area contributed by atoms with Gasteiger partial charge in [-0.1, -0.05) is 42.5 Å². The van der Waals surface area contributed by atoms with Gasteiger partial charge in [0.2, 0.25) is 0 Å². The zero-order valence-corrected chi connectivity index (χ0v) is 11.3. The summed E-state index contributed by atoms with van der Waals surface area (Å²) >= 11 is 1.77. The van der Waals surface area contributed by atoms with Gasteiger partial charge in [0.05, 0.1) is 0 Å². The normalized spacial score (nSPS) is 17.1. The highest BCUT2D eigenvalue weighted by Crippen LogP contribution is 2.31. The number of carbonyl (C=O) groups excluding carboxylic acids is 1. The van der Waals surface area contributed by atoms with E-state index in [1.54, 1.807) is 11.8 Å². The van der Waals surface area contributed by atoms with Crippen LogP contribution in [0.3, 0.4) is 0 Å². The summed E-state index contributed by atoms with van der Waals surface area (Å²) in [7, 11) is 0. The minimum atomic E-state index is 0.171. The third-order valence-corrected chi connectivity index (χ3v) is 4.27. The highest BCUT2D eigenvalue weighted by molar-refractivity contribution is 7.99. The number of hydrogen-bond acceptors (Lipinski definition) is 2. The number of thioether (sulfide) groups is 1. The highest BCUT2D eigenvalue weighted by atomic mass is 32.2. The smallest absolute Gasteiger partial charge is 0.190 e.